The lowest BCUT2D eigenvalue weighted by molar-refractivity contribution is -0.115. The van der Waals surface area contributed by atoms with Crippen LogP contribution in [0.5, 0.6) is 0 Å². The standard InChI is InChI=1S/C10H13FN2O/c1-7-4-3-5-8(11)10(7)13-9(14)6-12-2/h3-5,12H,6H2,1-2H3,(H,13,14). The Kier molecular flexibility index (Phi) is 3.59. The van der Waals surface area contributed by atoms with Gasteiger partial charge in [0.05, 0.1) is 12.2 Å². The molecule has 0 bridgehead atoms. The van der Waals surface area contributed by atoms with Gasteiger partial charge in [-0.15, -0.1) is 0 Å². The number of rotatable bonds is 3. The summed E-state index contributed by atoms with van der Waals surface area (Å²) >= 11 is 0. The molecule has 0 fully saturated rings. The highest BCUT2D eigenvalue weighted by atomic mass is 19.1. The van der Waals surface area contributed by atoms with E-state index in [0.29, 0.717) is 0 Å². The second-order valence-corrected chi connectivity index (χ2v) is 3.01. The van der Waals surface area contributed by atoms with Crippen molar-refractivity contribution in [2.75, 3.05) is 18.9 Å². The van der Waals surface area contributed by atoms with Gasteiger partial charge in [0.1, 0.15) is 5.82 Å². The molecule has 0 saturated carbocycles. The SMILES string of the molecule is CNCC(=O)Nc1c(C)cccc1F. The van der Waals surface area contributed by atoms with E-state index in [1.807, 2.05) is 0 Å². The molecule has 0 aliphatic heterocycles. The van der Waals surface area contributed by atoms with Crippen LogP contribution < -0.4 is 10.6 Å². The summed E-state index contributed by atoms with van der Waals surface area (Å²) in [6.07, 6.45) is 0. The van der Waals surface area contributed by atoms with E-state index in [2.05, 4.69) is 10.6 Å². The highest BCUT2D eigenvalue weighted by Gasteiger charge is 2.07. The summed E-state index contributed by atoms with van der Waals surface area (Å²) in [5.41, 5.74) is 0.974. The summed E-state index contributed by atoms with van der Waals surface area (Å²) < 4.78 is 13.2. The molecule has 0 aromatic heterocycles. The molecule has 1 aromatic carbocycles. The summed E-state index contributed by atoms with van der Waals surface area (Å²) in [7, 11) is 1.66. The summed E-state index contributed by atoms with van der Waals surface area (Å²) in [6.45, 7) is 1.92. The zero-order chi connectivity index (χ0) is 10.6. The van der Waals surface area contributed by atoms with E-state index in [0.717, 1.165) is 5.56 Å². The third kappa shape index (κ3) is 2.53. The molecule has 0 heterocycles. The van der Waals surface area contributed by atoms with Gasteiger partial charge in [0.2, 0.25) is 5.91 Å². The van der Waals surface area contributed by atoms with Crippen LogP contribution in [-0.4, -0.2) is 19.5 Å². The number of carbonyl (C=O) groups is 1. The third-order valence-electron chi connectivity index (χ3n) is 1.82. The minimum atomic E-state index is -0.408. The number of halogens is 1. The monoisotopic (exact) mass is 196 g/mol. The molecule has 0 unspecified atom stereocenters. The van der Waals surface area contributed by atoms with Crippen LogP contribution in [0.25, 0.3) is 0 Å². The zero-order valence-electron chi connectivity index (χ0n) is 8.23. The minimum Gasteiger partial charge on any atom is -0.322 e. The van der Waals surface area contributed by atoms with E-state index in [-0.39, 0.29) is 18.1 Å². The quantitative estimate of drug-likeness (QED) is 0.764. The molecule has 0 radical (unpaired) electrons. The molecule has 1 aromatic rings. The number of anilines is 1. The molecule has 0 saturated heterocycles. The van der Waals surface area contributed by atoms with Gasteiger partial charge in [-0.2, -0.15) is 0 Å². The van der Waals surface area contributed by atoms with Gasteiger partial charge in [-0.05, 0) is 25.6 Å². The van der Waals surface area contributed by atoms with Crippen LogP contribution in [0.4, 0.5) is 10.1 Å². The number of nitrogens with one attached hydrogen (secondary N) is 2. The molecular formula is C10H13FN2O. The normalized spacial score (nSPS) is 9.93. The number of carbonyl (C=O) groups excluding carboxylic acids is 1. The van der Waals surface area contributed by atoms with Gasteiger partial charge in [-0.25, -0.2) is 4.39 Å². The number of amides is 1. The van der Waals surface area contributed by atoms with E-state index < -0.39 is 5.82 Å². The molecule has 0 aliphatic carbocycles. The van der Waals surface area contributed by atoms with Crippen LogP contribution in [-0.2, 0) is 4.79 Å². The van der Waals surface area contributed by atoms with Gasteiger partial charge >= 0.3 is 0 Å². The van der Waals surface area contributed by atoms with Crippen molar-refractivity contribution >= 4 is 11.6 Å². The first kappa shape index (κ1) is 10.7. The van der Waals surface area contributed by atoms with Gasteiger partial charge in [0.15, 0.2) is 0 Å². The van der Waals surface area contributed by atoms with Gasteiger partial charge < -0.3 is 10.6 Å². The zero-order valence-corrected chi connectivity index (χ0v) is 8.23. The second kappa shape index (κ2) is 4.72. The van der Waals surface area contributed by atoms with Crippen LogP contribution in [0, 0.1) is 12.7 Å². The average Bonchev–Trinajstić information content (AvgIpc) is 2.12. The van der Waals surface area contributed by atoms with E-state index >= 15 is 0 Å². The maximum absolute atomic E-state index is 13.2. The van der Waals surface area contributed by atoms with Gasteiger partial charge in [-0.3, -0.25) is 4.79 Å². The summed E-state index contributed by atoms with van der Waals surface area (Å²) in [5.74, 6) is -0.657. The van der Waals surface area contributed by atoms with E-state index in [1.165, 1.54) is 6.07 Å². The molecule has 0 spiro atoms. The number of benzene rings is 1. The van der Waals surface area contributed by atoms with Gasteiger partial charge in [-0.1, -0.05) is 12.1 Å². The van der Waals surface area contributed by atoms with Crippen molar-refractivity contribution in [2.24, 2.45) is 0 Å². The molecule has 0 atom stereocenters. The number of hydrogen-bond donors (Lipinski definition) is 2. The maximum atomic E-state index is 13.2. The number of para-hydroxylation sites is 1. The first-order valence-corrected chi connectivity index (χ1v) is 4.34. The Morgan fingerprint density at radius 2 is 2.21 bits per heavy atom. The van der Waals surface area contributed by atoms with Crippen molar-refractivity contribution in [3.8, 4) is 0 Å². The molecule has 76 valence electrons. The largest absolute Gasteiger partial charge is 0.322 e. The molecule has 2 N–H and O–H groups in total. The van der Waals surface area contributed by atoms with Crippen molar-refractivity contribution in [3.05, 3.63) is 29.6 Å². The first-order chi connectivity index (χ1) is 6.65. The van der Waals surface area contributed by atoms with Crippen molar-refractivity contribution in [1.82, 2.24) is 5.32 Å². The smallest absolute Gasteiger partial charge is 0.238 e. The van der Waals surface area contributed by atoms with Crippen molar-refractivity contribution in [2.45, 2.75) is 6.92 Å². The fourth-order valence-electron chi connectivity index (χ4n) is 1.13. The van der Waals surface area contributed by atoms with Gasteiger partial charge in [0.25, 0.3) is 0 Å². The average molecular weight is 196 g/mol. The summed E-state index contributed by atoms with van der Waals surface area (Å²) in [5, 5.41) is 5.20. The van der Waals surface area contributed by atoms with Crippen LogP contribution in [0.2, 0.25) is 0 Å². The van der Waals surface area contributed by atoms with Crippen LogP contribution in [0.1, 0.15) is 5.56 Å². The second-order valence-electron chi connectivity index (χ2n) is 3.01. The summed E-state index contributed by atoms with van der Waals surface area (Å²) in [6, 6.07) is 4.68. The van der Waals surface area contributed by atoms with Crippen LogP contribution in [0.3, 0.4) is 0 Å². The molecule has 14 heavy (non-hydrogen) atoms. The lowest BCUT2D eigenvalue weighted by atomic mass is 10.2. The Bertz CT molecular complexity index is 319. The minimum absolute atomic E-state index is 0.174. The topological polar surface area (TPSA) is 41.1 Å². The molecular weight excluding hydrogens is 183 g/mol. The van der Waals surface area contributed by atoms with Crippen molar-refractivity contribution < 1.29 is 9.18 Å². The van der Waals surface area contributed by atoms with Crippen LogP contribution in [0.15, 0.2) is 18.2 Å². The molecule has 3 nitrogen and oxygen atoms in total. The third-order valence-corrected chi connectivity index (χ3v) is 1.82. The lowest BCUT2D eigenvalue weighted by Crippen LogP contribution is -2.25. The van der Waals surface area contributed by atoms with Crippen molar-refractivity contribution in [3.63, 3.8) is 0 Å². The van der Waals surface area contributed by atoms with E-state index in [9.17, 15) is 9.18 Å². The van der Waals surface area contributed by atoms with E-state index in [4.69, 9.17) is 0 Å². The van der Waals surface area contributed by atoms with Crippen molar-refractivity contribution in [1.29, 1.82) is 0 Å². The predicted molar refractivity (Wildman–Crippen MR) is 53.7 cm³/mol. The fourth-order valence-corrected chi connectivity index (χ4v) is 1.13. The van der Waals surface area contributed by atoms with Gasteiger partial charge in [0, 0.05) is 0 Å². The highest BCUT2D eigenvalue weighted by molar-refractivity contribution is 5.93. The Morgan fingerprint density at radius 1 is 1.50 bits per heavy atom. The molecule has 1 amide bonds. The predicted octanol–water partition coefficient (Wildman–Crippen LogP) is 1.29. The molecule has 1 rings (SSSR count). The Hall–Kier alpha value is -1.42. The van der Waals surface area contributed by atoms with Crippen LogP contribution >= 0.6 is 0 Å². The van der Waals surface area contributed by atoms with E-state index in [1.54, 1.807) is 26.1 Å². The molecule has 4 heteroatoms. The lowest BCUT2D eigenvalue weighted by Gasteiger charge is -2.08. The first-order valence-electron chi connectivity index (χ1n) is 4.34. The fraction of sp³-hybridized carbons (Fsp3) is 0.300. The number of aryl methyl sites for hydroxylation is 1. The number of likely N-dealkylation sites (N-methyl/N-ethyl adjacent to an activating group) is 1. The number of hydrogen-bond acceptors (Lipinski definition) is 2. The summed E-state index contributed by atoms with van der Waals surface area (Å²) in [4.78, 5) is 11.2. The Labute approximate surface area is 82.3 Å². The maximum Gasteiger partial charge on any atom is 0.238 e. The Balaban J connectivity index is 2.80. The molecule has 0 aliphatic rings. The highest BCUT2D eigenvalue weighted by Crippen LogP contribution is 2.18. The Morgan fingerprint density at radius 3 is 2.79 bits per heavy atom.